The zero-order chi connectivity index (χ0) is 20.7. The van der Waals surface area contributed by atoms with E-state index in [0.29, 0.717) is 6.42 Å². The van der Waals surface area contributed by atoms with Gasteiger partial charge in [-0.25, -0.2) is 9.40 Å². The molecule has 0 fully saturated rings. The van der Waals surface area contributed by atoms with Crippen LogP contribution in [0.3, 0.4) is 0 Å². The van der Waals surface area contributed by atoms with E-state index in [1.54, 1.807) is 24.3 Å². The van der Waals surface area contributed by atoms with Crippen molar-refractivity contribution in [2.45, 2.75) is 25.3 Å². The lowest BCUT2D eigenvalue weighted by Gasteiger charge is -2.38. The van der Waals surface area contributed by atoms with Gasteiger partial charge in [-0.15, -0.1) is 0 Å². The molecule has 0 amide bonds. The van der Waals surface area contributed by atoms with Gasteiger partial charge in [-0.2, -0.15) is 13.9 Å². The van der Waals surface area contributed by atoms with Crippen LogP contribution in [0.2, 0.25) is 0 Å². The van der Waals surface area contributed by atoms with Gasteiger partial charge in [0.2, 0.25) is 6.23 Å². The lowest BCUT2D eigenvalue weighted by molar-refractivity contribution is -0.0499. The summed E-state index contributed by atoms with van der Waals surface area (Å²) in [4.78, 5) is 0. The standard InChI is InChI=1S/C23H17F3N2O2/c24-16-9-5-14(6-10-16)19-13-20-18-3-1-2-4-21(18)30-22(28(20)27-19)15-7-11-17(12-8-15)29-23(25)26/h1-12,20,22-23H,13H2/t20-,22+/m1/s1. The summed E-state index contributed by atoms with van der Waals surface area (Å²) in [6, 6.07) is 20.3. The molecule has 2 atom stereocenters. The van der Waals surface area contributed by atoms with Crippen molar-refractivity contribution in [1.82, 2.24) is 5.01 Å². The molecule has 3 aromatic rings. The van der Waals surface area contributed by atoms with Crippen molar-refractivity contribution >= 4 is 5.71 Å². The van der Waals surface area contributed by atoms with E-state index in [4.69, 9.17) is 9.84 Å². The number of para-hydroxylation sites is 1. The highest BCUT2D eigenvalue weighted by Crippen LogP contribution is 2.47. The van der Waals surface area contributed by atoms with Crippen molar-refractivity contribution in [3.05, 3.63) is 95.3 Å². The molecule has 152 valence electrons. The van der Waals surface area contributed by atoms with Crippen LogP contribution in [0.15, 0.2) is 77.9 Å². The Balaban J connectivity index is 1.51. The molecule has 5 rings (SSSR count). The summed E-state index contributed by atoms with van der Waals surface area (Å²) in [5.41, 5.74) is 3.47. The van der Waals surface area contributed by atoms with Crippen LogP contribution in [0.25, 0.3) is 0 Å². The number of rotatable bonds is 4. The zero-order valence-corrected chi connectivity index (χ0v) is 15.7. The number of fused-ring (bicyclic) bond motifs is 3. The highest BCUT2D eigenvalue weighted by atomic mass is 19.3. The Morgan fingerprint density at radius 1 is 0.967 bits per heavy atom. The van der Waals surface area contributed by atoms with Gasteiger partial charge in [-0.3, -0.25) is 0 Å². The molecule has 3 aromatic carbocycles. The molecule has 2 aliphatic rings. The van der Waals surface area contributed by atoms with Gasteiger partial charge in [0.25, 0.3) is 0 Å². The Morgan fingerprint density at radius 2 is 1.70 bits per heavy atom. The van der Waals surface area contributed by atoms with Crippen molar-refractivity contribution in [3.8, 4) is 11.5 Å². The van der Waals surface area contributed by atoms with Crippen LogP contribution in [-0.2, 0) is 0 Å². The van der Waals surface area contributed by atoms with E-state index >= 15 is 0 Å². The summed E-state index contributed by atoms with van der Waals surface area (Å²) >= 11 is 0. The van der Waals surface area contributed by atoms with Crippen LogP contribution >= 0.6 is 0 Å². The molecule has 2 heterocycles. The summed E-state index contributed by atoms with van der Waals surface area (Å²) in [7, 11) is 0. The predicted octanol–water partition coefficient (Wildman–Crippen LogP) is 5.67. The Labute approximate surface area is 171 Å². The van der Waals surface area contributed by atoms with Crippen molar-refractivity contribution in [3.63, 3.8) is 0 Å². The molecule has 30 heavy (non-hydrogen) atoms. The van der Waals surface area contributed by atoms with Gasteiger partial charge in [-0.1, -0.05) is 30.3 Å². The smallest absolute Gasteiger partial charge is 0.387 e. The fourth-order valence-corrected chi connectivity index (χ4v) is 3.88. The predicted molar refractivity (Wildman–Crippen MR) is 105 cm³/mol. The summed E-state index contributed by atoms with van der Waals surface area (Å²) in [5, 5.41) is 6.67. The fraction of sp³-hybridized carbons (Fsp3) is 0.174. The van der Waals surface area contributed by atoms with Gasteiger partial charge in [0.05, 0.1) is 11.8 Å². The minimum absolute atomic E-state index is 0.0445. The third kappa shape index (κ3) is 3.36. The van der Waals surface area contributed by atoms with Crippen LogP contribution in [-0.4, -0.2) is 17.3 Å². The molecule has 0 N–H and O–H groups in total. The maximum absolute atomic E-state index is 13.3. The van der Waals surface area contributed by atoms with E-state index in [2.05, 4.69) is 4.74 Å². The van der Waals surface area contributed by atoms with Crippen molar-refractivity contribution < 1.29 is 22.6 Å². The molecule has 4 nitrogen and oxygen atoms in total. The maximum Gasteiger partial charge on any atom is 0.387 e. The van der Waals surface area contributed by atoms with Crippen LogP contribution in [0.4, 0.5) is 13.2 Å². The Hall–Kier alpha value is -3.48. The van der Waals surface area contributed by atoms with Crippen molar-refractivity contribution in [2.24, 2.45) is 5.10 Å². The van der Waals surface area contributed by atoms with E-state index in [1.807, 2.05) is 29.3 Å². The van der Waals surface area contributed by atoms with Gasteiger partial charge in [0, 0.05) is 17.5 Å². The normalized spacial score (nSPS) is 19.7. The largest absolute Gasteiger partial charge is 0.464 e. The first kappa shape index (κ1) is 18.5. The number of alkyl halides is 2. The molecule has 0 unspecified atom stereocenters. The quantitative estimate of drug-likeness (QED) is 0.556. The monoisotopic (exact) mass is 410 g/mol. The van der Waals surface area contributed by atoms with Gasteiger partial charge in [0.15, 0.2) is 0 Å². The number of benzene rings is 3. The van der Waals surface area contributed by atoms with E-state index < -0.39 is 12.8 Å². The second-order valence-corrected chi connectivity index (χ2v) is 7.11. The van der Waals surface area contributed by atoms with Crippen LogP contribution in [0, 0.1) is 5.82 Å². The van der Waals surface area contributed by atoms with E-state index in [9.17, 15) is 13.2 Å². The Morgan fingerprint density at radius 3 is 2.43 bits per heavy atom. The maximum atomic E-state index is 13.3. The molecule has 0 aliphatic carbocycles. The second kappa shape index (κ2) is 7.40. The van der Waals surface area contributed by atoms with E-state index in [1.165, 1.54) is 24.3 Å². The molecular formula is C23H17F3N2O2. The zero-order valence-electron chi connectivity index (χ0n) is 15.7. The topological polar surface area (TPSA) is 34.1 Å². The van der Waals surface area contributed by atoms with Crippen molar-refractivity contribution in [2.75, 3.05) is 0 Å². The highest BCUT2D eigenvalue weighted by Gasteiger charge is 2.40. The van der Waals surface area contributed by atoms with Crippen LogP contribution in [0.5, 0.6) is 11.5 Å². The van der Waals surface area contributed by atoms with E-state index in [0.717, 1.165) is 28.2 Å². The third-order valence-electron chi connectivity index (χ3n) is 5.27. The van der Waals surface area contributed by atoms with E-state index in [-0.39, 0.29) is 17.6 Å². The molecule has 0 saturated heterocycles. The molecule has 0 saturated carbocycles. The molecule has 0 spiro atoms. The SMILES string of the molecule is Fc1ccc(C2=NN3[C@H](C2)c2ccccc2O[C@H]3c2ccc(OC(F)F)cc2)cc1. The first-order chi connectivity index (χ1) is 14.6. The average molecular weight is 410 g/mol. The summed E-state index contributed by atoms with van der Waals surface area (Å²) in [6.07, 6.45) is 0.123. The Kier molecular flexibility index (Phi) is 4.58. The summed E-state index contributed by atoms with van der Waals surface area (Å²) in [6.45, 7) is -2.88. The molecule has 0 radical (unpaired) electrons. The van der Waals surface area contributed by atoms with Gasteiger partial charge in [-0.05, 0) is 48.0 Å². The van der Waals surface area contributed by atoms with Crippen molar-refractivity contribution in [1.29, 1.82) is 0 Å². The van der Waals surface area contributed by atoms with Gasteiger partial charge in [0.1, 0.15) is 17.3 Å². The minimum Gasteiger partial charge on any atom is -0.464 e. The molecule has 2 aliphatic heterocycles. The number of hydrogen-bond acceptors (Lipinski definition) is 4. The Bertz CT molecular complexity index is 1080. The molecule has 7 heteroatoms. The van der Waals surface area contributed by atoms with Crippen LogP contribution < -0.4 is 9.47 Å². The fourth-order valence-electron chi connectivity index (χ4n) is 3.88. The molecule has 0 aromatic heterocycles. The molecular weight excluding hydrogens is 393 g/mol. The number of halogens is 3. The highest BCUT2D eigenvalue weighted by molar-refractivity contribution is 6.01. The molecule has 0 bridgehead atoms. The number of ether oxygens (including phenoxy) is 2. The first-order valence-corrected chi connectivity index (χ1v) is 9.50. The summed E-state index contributed by atoms with van der Waals surface area (Å²) in [5.74, 6) is 0.540. The lowest BCUT2D eigenvalue weighted by Crippen LogP contribution is -2.33. The number of nitrogens with zero attached hydrogens (tertiary/aromatic N) is 2. The summed E-state index contributed by atoms with van der Waals surface area (Å²) < 4.78 is 48.9. The van der Waals surface area contributed by atoms with Gasteiger partial charge < -0.3 is 9.47 Å². The second-order valence-electron chi connectivity index (χ2n) is 7.11. The lowest BCUT2D eigenvalue weighted by atomic mass is 9.96. The number of hydrogen-bond donors (Lipinski definition) is 0. The van der Waals surface area contributed by atoms with Gasteiger partial charge >= 0.3 is 6.61 Å². The first-order valence-electron chi connectivity index (χ1n) is 9.50. The number of hydrazone groups is 1. The average Bonchev–Trinajstić information content (AvgIpc) is 3.20. The minimum atomic E-state index is -2.88. The third-order valence-corrected chi connectivity index (χ3v) is 5.27. The van der Waals surface area contributed by atoms with Crippen LogP contribution in [0.1, 0.15) is 35.4 Å².